The first-order valence-corrected chi connectivity index (χ1v) is 7.74. The average molecular weight is 312 g/mol. The highest BCUT2D eigenvalue weighted by atomic mass is 16.2. The van der Waals surface area contributed by atoms with E-state index in [0.717, 1.165) is 13.1 Å². The zero-order chi connectivity index (χ0) is 16.2. The Kier molecular flexibility index (Phi) is 4.41. The number of amides is 1. The highest BCUT2D eigenvalue weighted by molar-refractivity contribution is 5.76. The highest BCUT2D eigenvalue weighted by Gasteiger charge is 2.21. The molecule has 0 aliphatic carbocycles. The summed E-state index contributed by atoms with van der Waals surface area (Å²) < 4.78 is 1.36. The second-order valence-electron chi connectivity index (χ2n) is 5.70. The van der Waals surface area contributed by atoms with Crippen LogP contribution in [0.25, 0.3) is 0 Å². The SMILES string of the molecule is Cc1cc(=O)n(CC(=O)N2CCN(c3ccccc3)CC2)cn1. The number of rotatable bonds is 3. The average Bonchev–Trinajstić information content (AvgIpc) is 2.58. The molecular weight excluding hydrogens is 292 g/mol. The lowest BCUT2D eigenvalue weighted by molar-refractivity contribution is -0.132. The van der Waals surface area contributed by atoms with Gasteiger partial charge in [0.15, 0.2) is 0 Å². The maximum atomic E-state index is 12.4. The number of hydrogen-bond acceptors (Lipinski definition) is 4. The van der Waals surface area contributed by atoms with Crippen LogP contribution in [-0.2, 0) is 11.3 Å². The Hall–Kier alpha value is -2.63. The summed E-state index contributed by atoms with van der Waals surface area (Å²) in [5.74, 6) is -0.0366. The topological polar surface area (TPSA) is 58.4 Å². The summed E-state index contributed by atoms with van der Waals surface area (Å²) in [6.07, 6.45) is 1.44. The van der Waals surface area contributed by atoms with Gasteiger partial charge in [0.25, 0.3) is 5.56 Å². The molecule has 1 aromatic heterocycles. The van der Waals surface area contributed by atoms with Crippen molar-refractivity contribution in [2.45, 2.75) is 13.5 Å². The third kappa shape index (κ3) is 3.59. The van der Waals surface area contributed by atoms with E-state index in [1.54, 1.807) is 6.92 Å². The normalized spacial score (nSPS) is 14.8. The van der Waals surface area contributed by atoms with Crippen molar-refractivity contribution < 1.29 is 4.79 Å². The Balaban J connectivity index is 1.59. The number of benzene rings is 1. The number of piperazine rings is 1. The third-order valence-electron chi connectivity index (χ3n) is 4.08. The molecule has 0 radical (unpaired) electrons. The first-order chi connectivity index (χ1) is 11.1. The van der Waals surface area contributed by atoms with Gasteiger partial charge in [-0.3, -0.25) is 14.2 Å². The van der Waals surface area contributed by atoms with E-state index in [0.29, 0.717) is 18.8 Å². The summed E-state index contributed by atoms with van der Waals surface area (Å²) in [7, 11) is 0. The molecule has 2 aromatic rings. The van der Waals surface area contributed by atoms with E-state index in [-0.39, 0.29) is 18.0 Å². The first-order valence-electron chi connectivity index (χ1n) is 7.74. The van der Waals surface area contributed by atoms with Gasteiger partial charge < -0.3 is 9.80 Å². The monoisotopic (exact) mass is 312 g/mol. The van der Waals surface area contributed by atoms with E-state index in [1.807, 2.05) is 23.1 Å². The molecular formula is C17H20N4O2. The van der Waals surface area contributed by atoms with E-state index in [4.69, 9.17) is 0 Å². The Bertz CT molecular complexity index is 734. The fourth-order valence-corrected chi connectivity index (χ4v) is 2.73. The first kappa shape index (κ1) is 15.3. The molecule has 1 aromatic carbocycles. The largest absolute Gasteiger partial charge is 0.368 e. The summed E-state index contributed by atoms with van der Waals surface area (Å²) in [5.41, 5.74) is 1.66. The van der Waals surface area contributed by atoms with Crippen LogP contribution in [0.4, 0.5) is 5.69 Å². The molecule has 23 heavy (non-hydrogen) atoms. The van der Waals surface area contributed by atoms with Crippen molar-refractivity contribution in [3.8, 4) is 0 Å². The predicted octanol–water partition coefficient (Wildman–Crippen LogP) is 0.901. The van der Waals surface area contributed by atoms with Crippen LogP contribution in [-0.4, -0.2) is 46.5 Å². The van der Waals surface area contributed by atoms with Crippen molar-refractivity contribution in [3.05, 3.63) is 58.8 Å². The third-order valence-corrected chi connectivity index (χ3v) is 4.08. The minimum absolute atomic E-state index is 0.0366. The van der Waals surface area contributed by atoms with E-state index < -0.39 is 0 Å². The summed E-state index contributed by atoms with van der Waals surface area (Å²) >= 11 is 0. The van der Waals surface area contributed by atoms with E-state index in [1.165, 1.54) is 22.6 Å². The molecule has 0 N–H and O–H groups in total. The minimum Gasteiger partial charge on any atom is -0.368 e. The van der Waals surface area contributed by atoms with Crippen LogP contribution in [0.1, 0.15) is 5.69 Å². The lowest BCUT2D eigenvalue weighted by Crippen LogP contribution is -2.50. The molecule has 3 rings (SSSR count). The number of carbonyl (C=O) groups is 1. The summed E-state index contributed by atoms with van der Waals surface area (Å²) in [5, 5.41) is 0. The van der Waals surface area contributed by atoms with Gasteiger partial charge in [0.2, 0.25) is 5.91 Å². The number of aryl methyl sites for hydroxylation is 1. The number of carbonyl (C=O) groups excluding carboxylic acids is 1. The van der Waals surface area contributed by atoms with Gasteiger partial charge in [0.1, 0.15) is 6.54 Å². The van der Waals surface area contributed by atoms with Crippen LogP contribution >= 0.6 is 0 Å². The minimum atomic E-state index is -0.186. The number of para-hydroxylation sites is 1. The molecule has 6 nitrogen and oxygen atoms in total. The van der Waals surface area contributed by atoms with Crippen molar-refractivity contribution in [1.82, 2.24) is 14.5 Å². The molecule has 2 heterocycles. The Morgan fingerprint density at radius 1 is 1.13 bits per heavy atom. The van der Waals surface area contributed by atoms with Gasteiger partial charge in [-0.05, 0) is 19.1 Å². The quantitative estimate of drug-likeness (QED) is 0.845. The zero-order valence-electron chi connectivity index (χ0n) is 13.2. The van der Waals surface area contributed by atoms with Crippen molar-refractivity contribution in [2.75, 3.05) is 31.1 Å². The molecule has 0 atom stereocenters. The second kappa shape index (κ2) is 6.64. The van der Waals surface area contributed by atoms with Gasteiger partial charge in [0, 0.05) is 43.6 Å². The lowest BCUT2D eigenvalue weighted by atomic mass is 10.2. The summed E-state index contributed by atoms with van der Waals surface area (Å²) in [6.45, 7) is 4.75. The molecule has 1 aliphatic heterocycles. The molecule has 1 aliphatic rings. The van der Waals surface area contributed by atoms with Crippen LogP contribution in [0, 0.1) is 6.92 Å². The Morgan fingerprint density at radius 3 is 2.48 bits per heavy atom. The fourth-order valence-electron chi connectivity index (χ4n) is 2.73. The molecule has 0 saturated carbocycles. The Labute approximate surface area is 135 Å². The van der Waals surface area contributed by atoms with E-state index in [9.17, 15) is 9.59 Å². The maximum Gasteiger partial charge on any atom is 0.253 e. The fraction of sp³-hybridized carbons (Fsp3) is 0.353. The molecule has 6 heteroatoms. The summed E-state index contributed by atoms with van der Waals surface area (Å²) in [4.78, 5) is 32.4. The Morgan fingerprint density at radius 2 is 1.83 bits per heavy atom. The number of hydrogen-bond donors (Lipinski definition) is 0. The molecule has 0 bridgehead atoms. The summed E-state index contributed by atoms with van der Waals surface area (Å²) in [6, 6.07) is 11.6. The van der Waals surface area contributed by atoms with Crippen molar-refractivity contribution in [1.29, 1.82) is 0 Å². The standard InChI is InChI=1S/C17H20N4O2/c1-14-11-16(22)21(13-18-14)12-17(23)20-9-7-19(8-10-20)15-5-3-2-4-6-15/h2-6,11,13H,7-10,12H2,1H3. The molecule has 1 amide bonds. The smallest absolute Gasteiger partial charge is 0.253 e. The van der Waals surface area contributed by atoms with Gasteiger partial charge in [-0.2, -0.15) is 0 Å². The van der Waals surface area contributed by atoms with Gasteiger partial charge >= 0.3 is 0 Å². The van der Waals surface area contributed by atoms with E-state index in [2.05, 4.69) is 22.0 Å². The van der Waals surface area contributed by atoms with Crippen molar-refractivity contribution in [2.24, 2.45) is 0 Å². The predicted molar refractivity (Wildman–Crippen MR) is 88.5 cm³/mol. The lowest BCUT2D eigenvalue weighted by Gasteiger charge is -2.36. The molecule has 120 valence electrons. The molecule has 1 fully saturated rings. The van der Waals surface area contributed by atoms with Crippen molar-refractivity contribution in [3.63, 3.8) is 0 Å². The van der Waals surface area contributed by atoms with Crippen LogP contribution in [0.2, 0.25) is 0 Å². The van der Waals surface area contributed by atoms with E-state index >= 15 is 0 Å². The van der Waals surface area contributed by atoms with Gasteiger partial charge in [-0.15, -0.1) is 0 Å². The van der Waals surface area contributed by atoms with Crippen LogP contribution in [0.5, 0.6) is 0 Å². The highest BCUT2D eigenvalue weighted by Crippen LogP contribution is 2.15. The van der Waals surface area contributed by atoms with Gasteiger partial charge in [-0.25, -0.2) is 4.98 Å². The molecule has 0 unspecified atom stereocenters. The van der Waals surface area contributed by atoms with Gasteiger partial charge in [-0.1, -0.05) is 18.2 Å². The molecule has 0 spiro atoms. The number of anilines is 1. The van der Waals surface area contributed by atoms with Gasteiger partial charge in [0.05, 0.1) is 6.33 Å². The number of aromatic nitrogens is 2. The zero-order valence-corrected chi connectivity index (χ0v) is 13.2. The number of nitrogens with zero attached hydrogens (tertiary/aromatic N) is 4. The van der Waals surface area contributed by atoms with Crippen molar-refractivity contribution >= 4 is 11.6 Å². The molecule has 1 saturated heterocycles. The van der Waals surface area contributed by atoms with Crippen LogP contribution < -0.4 is 10.5 Å². The van der Waals surface area contributed by atoms with Crippen LogP contribution in [0.3, 0.4) is 0 Å². The second-order valence-corrected chi connectivity index (χ2v) is 5.70. The van der Waals surface area contributed by atoms with Crippen LogP contribution in [0.15, 0.2) is 47.5 Å². The maximum absolute atomic E-state index is 12.4.